The molecule has 2 atom stereocenters. The van der Waals surface area contributed by atoms with E-state index in [4.69, 9.17) is 14.6 Å². The van der Waals surface area contributed by atoms with Gasteiger partial charge in [0.1, 0.15) is 23.4 Å². The van der Waals surface area contributed by atoms with Crippen molar-refractivity contribution < 1.29 is 33.8 Å². The summed E-state index contributed by atoms with van der Waals surface area (Å²) in [4.78, 5) is 23.9. The van der Waals surface area contributed by atoms with Crippen LogP contribution in [0.4, 0.5) is 4.39 Å². The average molecular weight is 548 g/mol. The van der Waals surface area contributed by atoms with Crippen LogP contribution in [0.3, 0.4) is 0 Å². The summed E-state index contributed by atoms with van der Waals surface area (Å²) < 4.78 is 27.2. The monoisotopic (exact) mass is 547 g/mol. The Morgan fingerprint density at radius 2 is 1.85 bits per heavy atom. The summed E-state index contributed by atoms with van der Waals surface area (Å²) in [5.41, 5.74) is 6.25. The number of rotatable bonds is 8. The zero-order valence-electron chi connectivity index (χ0n) is 23.2. The van der Waals surface area contributed by atoms with Crippen LogP contribution in [0.2, 0.25) is 0 Å². The highest BCUT2D eigenvalue weighted by Crippen LogP contribution is 2.45. The molecule has 8 heteroatoms. The minimum atomic E-state index is -0.871. The van der Waals surface area contributed by atoms with Crippen molar-refractivity contribution in [1.29, 1.82) is 0 Å². The molecule has 3 aromatic rings. The van der Waals surface area contributed by atoms with Crippen molar-refractivity contribution in [3.63, 3.8) is 0 Å². The maximum atomic E-state index is 15.3. The lowest BCUT2D eigenvalue weighted by molar-refractivity contribution is -0.137. The second-order valence-corrected chi connectivity index (χ2v) is 11.2. The molecular weight excluding hydrogens is 513 g/mol. The number of amides is 1. The minimum Gasteiger partial charge on any atom is -0.492 e. The highest BCUT2D eigenvalue weighted by atomic mass is 19.1. The molecule has 1 unspecified atom stereocenters. The van der Waals surface area contributed by atoms with Crippen LogP contribution >= 0.6 is 0 Å². The number of ether oxygens (including phenoxy) is 2. The number of aryl methyl sites for hydroxylation is 2. The lowest BCUT2D eigenvalue weighted by Crippen LogP contribution is -2.31. The number of carboxylic acid groups (broad SMARTS) is 1. The molecule has 0 radical (unpaired) electrons. The number of carbonyl (C=O) groups is 2. The molecule has 1 aliphatic heterocycles. The topological polar surface area (TPSA) is 96.3 Å². The van der Waals surface area contributed by atoms with Crippen LogP contribution in [-0.4, -0.2) is 40.4 Å². The van der Waals surface area contributed by atoms with Crippen LogP contribution in [0.5, 0.6) is 11.5 Å². The summed E-state index contributed by atoms with van der Waals surface area (Å²) in [5.74, 6) is -0.565. The van der Waals surface area contributed by atoms with Crippen molar-refractivity contribution in [2.24, 2.45) is 5.92 Å². The first kappa shape index (κ1) is 27.6. The highest BCUT2D eigenvalue weighted by molar-refractivity contribution is 5.95. The van der Waals surface area contributed by atoms with E-state index >= 15 is 4.39 Å². The van der Waals surface area contributed by atoms with E-state index in [9.17, 15) is 14.8 Å². The van der Waals surface area contributed by atoms with E-state index in [1.807, 2.05) is 33.8 Å². The number of hydroxylamine groups is 2. The largest absolute Gasteiger partial charge is 0.492 e. The Balaban J connectivity index is 1.42. The normalized spacial score (nSPS) is 17.4. The van der Waals surface area contributed by atoms with Gasteiger partial charge < -0.3 is 14.6 Å². The lowest BCUT2D eigenvalue weighted by atomic mass is 9.89. The average Bonchev–Trinajstić information content (AvgIpc) is 3.48. The van der Waals surface area contributed by atoms with Gasteiger partial charge in [0.2, 0.25) is 0 Å². The fourth-order valence-corrected chi connectivity index (χ4v) is 5.99. The molecule has 0 spiro atoms. The van der Waals surface area contributed by atoms with E-state index in [0.29, 0.717) is 42.1 Å². The van der Waals surface area contributed by atoms with Crippen molar-refractivity contribution >= 4 is 11.9 Å². The molecule has 7 nitrogen and oxygen atoms in total. The molecule has 5 rings (SSSR count). The van der Waals surface area contributed by atoms with Crippen molar-refractivity contribution in [3.05, 3.63) is 81.7 Å². The van der Waals surface area contributed by atoms with Crippen molar-refractivity contribution in [1.82, 2.24) is 5.06 Å². The van der Waals surface area contributed by atoms with E-state index in [1.165, 1.54) is 6.07 Å². The molecule has 1 heterocycles. The van der Waals surface area contributed by atoms with E-state index in [-0.39, 0.29) is 30.6 Å². The Kier molecular flexibility index (Phi) is 7.55. The number of aliphatic carboxylic acids is 1. The van der Waals surface area contributed by atoms with E-state index in [0.717, 1.165) is 38.4 Å². The molecule has 210 valence electrons. The van der Waals surface area contributed by atoms with E-state index in [2.05, 4.69) is 0 Å². The van der Waals surface area contributed by atoms with Crippen LogP contribution in [0, 0.1) is 25.6 Å². The first-order valence-electron chi connectivity index (χ1n) is 13.6. The summed E-state index contributed by atoms with van der Waals surface area (Å²) in [7, 11) is 0. The molecule has 0 aromatic heterocycles. The highest BCUT2D eigenvalue weighted by Gasteiger charge is 2.32. The van der Waals surface area contributed by atoms with Gasteiger partial charge in [-0.15, -0.1) is 0 Å². The zero-order valence-corrected chi connectivity index (χ0v) is 23.2. The Labute approximate surface area is 233 Å². The maximum Gasteiger partial charge on any atom is 0.304 e. The predicted octanol–water partition coefficient (Wildman–Crippen LogP) is 6.61. The lowest BCUT2D eigenvalue weighted by Gasteiger charge is -2.20. The zero-order chi connectivity index (χ0) is 28.7. The third kappa shape index (κ3) is 5.28. The molecule has 2 N–H and O–H groups in total. The molecule has 3 aromatic carbocycles. The second-order valence-electron chi connectivity index (χ2n) is 11.2. The Hall–Kier alpha value is -3.91. The smallest absolute Gasteiger partial charge is 0.304 e. The van der Waals surface area contributed by atoms with E-state index < -0.39 is 18.0 Å². The van der Waals surface area contributed by atoms with Crippen LogP contribution < -0.4 is 9.47 Å². The Morgan fingerprint density at radius 1 is 1.12 bits per heavy atom. The molecule has 1 aliphatic carbocycles. The summed E-state index contributed by atoms with van der Waals surface area (Å²) in [6.07, 6.45) is 0.755. The van der Waals surface area contributed by atoms with Gasteiger partial charge in [0.25, 0.3) is 5.91 Å². The summed E-state index contributed by atoms with van der Waals surface area (Å²) in [5, 5.41) is 20.1. The van der Waals surface area contributed by atoms with Gasteiger partial charge in [-0.1, -0.05) is 26.0 Å². The van der Waals surface area contributed by atoms with Crippen molar-refractivity contribution in [2.45, 2.75) is 59.0 Å². The van der Waals surface area contributed by atoms with Gasteiger partial charge in [-0.3, -0.25) is 14.8 Å². The van der Waals surface area contributed by atoms with E-state index in [1.54, 1.807) is 30.3 Å². The third-order valence-corrected chi connectivity index (χ3v) is 7.67. The number of carbonyl (C=O) groups excluding carboxylic acids is 1. The summed E-state index contributed by atoms with van der Waals surface area (Å²) in [6, 6.07) is 12.2. The van der Waals surface area contributed by atoms with Gasteiger partial charge in [0.15, 0.2) is 0 Å². The molecule has 40 heavy (non-hydrogen) atoms. The molecule has 0 saturated carbocycles. The Morgan fingerprint density at radius 3 is 2.52 bits per heavy atom. The molecule has 2 aliphatic rings. The van der Waals surface area contributed by atoms with Crippen molar-refractivity contribution in [3.8, 4) is 22.6 Å². The van der Waals surface area contributed by atoms with Gasteiger partial charge in [-0.25, -0.2) is 9.45 Å². The molecule has 0 saturated heterocycles. The van der Waals surface area contributed by atoms with Crippen LogP contribution in [0.1, 0.15) is 76.9 Å². The quantitative estimate of drug-likeness (QED) is 0.243. The fraction of sp³-hybridized carbons (Fsp3) is 0.375. The summed E-state index contributed by atoms with van der Waals surface area (Å²) >= 11 is 0. The number of hydrogen-bond acceptors (Lipinski definition) is 5. The van der Waals surface area contributed by atoms with Crippen LogP contribution in [0.25, 0.3) is 11.1 Å². The number of hydrogen-bond donors (Lipinski definition) is 2. The molecular formula is C32H34FNO6. The fourth-order valence-electron chi connectivity index (χ4n) is 5.99. The number of carboxylic acids is 1. The third-order valence-electron chi connectivity index (χ3n) is 7.67. The van der Waals surface area contributed by atoms with Gasteiger partial charge in [0.05, 0.1) is 19.6 Å². The molecule has 0 bridgehead atoms. The van der Waals surface area contributed by atoms with Gasteiger partial charge in [-0.05, 0) is 84.7 Å². The number of nitrogens with zero attached hydrogens (tertiary/aromatic N) is 1. The minimum absolute atomic E-state index is 0.00136. The Bertz CT molecular complexity index is 1460. The number of halogens is 1. The number of benzene rings is 3. The van der Waals surface area contributed by atoms with Crippen molar-refractivity contribution in [2.75, 3.05) is 13.2 Å². The molecule has 1 amide bonds. The van der Waals surface area contributed by atoms with Gasteiger partial charge in [0, 0.05) is 28.7 Å². The predicted molar refractivity (Wildman–Crippen MR) is 148 cm³/mol. The maximum absolute atomic E-state index is 15.3. The van der Waals surface area contributed by atoms with Crippen LogP contribution in [-0.2, 0) is 11.2 Å². The van der Waals surface area contributed by atoms with Gasteiger partial charge >= 0.3 is 5.97 Å². The molecule has 0 fully saturated rings. The standard InChI is InChI=1S/C32H34FNO6/c1-17(2)15-34(38)32(37)20-11-18(3)30(19(4)12-20)24-7-9-26(33)31-25(24)8-10-27(31)40-22-5-6-23-21(13-29(35)36)16-39-28(23)14-22/h5-7,9,11-12,14,17,21,27,38H,8,10,13,15-16H2,1-4H3,(H,35,36)/t21?,27-/m1/s1. The number of fused-ring (bicyclic) bond motifs is 2. The van der Waals surface area contributed by atoms with Gasteiger partial charge in [-0.2, -0.15) is 0 Å². The summed E-state index contributed by atoms with van der Waals surface area (Å²) in [6.45, 7) is 8.25. The SMILES string of the molecule is Cc1cc(C(=O)N(O)CC(C)C)cc(C)c1-c1ccc(F)c2c1CC[C@H]2Oc1ccc2c(c1)OCC2CC(=O)O. The second kappa shape index (κ2) is 10.9. The first-order chi connectivity index (χ1) is 19.0. The van der Waals surface area contributed by atoms with Crippen LogP contribution in [0.15, 0.2) is 42.5 Å². The first-order valence-corrected chi connectivity index (χ1v) is 13.6.